The Labute approximate surface area is 99.1 Å². The minimum Gasteiger partial charge on any atom is -0.496 e. The van der Waals surface area contributed by atoms with Crippen LogP contribution in [0.2, 0.25) is 0 Å². The largest absolute Gasteiger partial charge is 0.496 e. The van der Waals surface area contributed by atoms with E-state index in [2.05, 4.69) is 16.4 Å². The molecule has 0 aliphatic carbocycles. The lowest BCUT2D eigenvalue weighted by atomic mass is 10.2. The number of rotatable bonds is 4. The Hall–Kier alpha value is -1.55. The van der Waals surface area contributed by atoms with Gasteiger partial charge in [-0.3, -0.25) is 0 Å². The number of anilines is 1. The number of aryl methyl sites for hydroxylation is 1. The molecule has 2 rings (SSSR count). The number of hydrogen-bond acceptors (Lipinski definition) is 4. The molecule has 4 heteroatoms. The molecule has 0 bridgehead atoms. The molecule has 0 saturated carbocycles. The van der Waals surface area contributed by atoms with Gasteiger partial charge in [0.15, 0.2) is 0 Å². The number of aromatic nitrogens is 1. The highest BCUT2D eigenvalue weighted by Crippen LogP contribution is 2.21. The average Bonchev–Trinajstić information content (AvgIpc) is 2.79. The summed E-state index contributed by atoms with van der Waals surface area (Å²) in [6, 6.07) is 6.06. The zero-order valence-corrected chi connectivity index (χ0v) is 10.2. The minimum absolute atomic E-state index is 0.767. The van der Waals surface area contributed by atoms with E-state index in [9.17, 15) is 0 Å². The first-order valence-corrected chi connectivity index (χ1v) is 5.94. The van der Waals surface area contributed by atoms with E-state index in [4.69, 9.17) is 4.74 Å². The van der Waals surface area contributed by atoms with Crippen LogP contribution in [0, 0.1) is 6.92 Å². The molecule has 16 heavy (non-hydrogen) atoms. The Balaban J connectivity index is 2.02. The summed E-state index contributed by atoms with van der Waals surface area (Å²) in [6.07, 6.45) is 1.82. The van der Waals surface area contributed by atoms with Crippen molar-refractivity contribution in [3.8, 4) is 5.75 Å². The Morgan fingerprint density at radius 1 is 1.44 bits per heavy atom. The molecule has 84 valence electrons. The summed E-state index contributed by atoms with van der Waals surface area (Å²) in [5.74, 6) is 0.916. The number of hydrogen-bond donors (Lipinski definition) is 1. The Bertz CT molecular complexity index is 454. The second-order valence-corrected chi connectivity index (χ2v) is 4.44. The molecular weight excluding hydrogens is 220 g/mol. The molecule has 1 N–H and O–H groups in total. The molecule has 0 atom stereocenters. The number of methoxy groups -OCH3 is 1. The summed E-state index contributed by atoms with van der Waals surface area (Å²) in [7, 11) is 1.69. The van der Waals surface area contributed by atoms with Gasteiger partial charge < -0.3 is 10.1 Å². The molecule has 0 unspecified atom stereocenters. The van der Waals surface area contributed by atoms with Crippen LogP contribution in [0.25, 0.3) is 0 Å². The molecule has 0 amide bonds. The predicted molar refractivity (Wildman–Crippen MR) is 67.2 cm³/mol. The van der Waals surface area contributed by atoms with Gasteiger partial charge in [0.25, 0.3) is 0 Å². The molecule has 0 spiro atoms. The maximum Gasteiger partial charge on any atom is 0.121 e. The lowest BCUT2D eigenvalue weighted by Crippen LogP contribution is -1.99. The molecule has 1 aromatic carbocycles. The molecule has 1 aromatic heterocycles. The third-order valence-electron chi connectivity index (χ3n) is 2.32. The Morgan fingerprint density at radius 2 is 2.31 bits per heavy atom. The van der Waals surface area contributed by atoms with E-state index in [0.29, 0.717) is 0 Å². The molecular formula is C12H14N2OS. The molecule has 0 aliphatic rings. The molecule has 0 aliphatic heterocycles. The number of thiazole rings is 1. The van der Waals surface area contributed by atoms with Crippen molar-refractivity contribution in [3.63, 3.8) is 0 Å². The van der Waals surface area contributed by atoms with Crippen molar-refractivity contribution < 1.29 is 4.74 Å². The monoisotopic (exact) mass is 234 g/mol. The van der Waals surface area contributed by atoms with Crippen LogP contribution in [0.1, 0.15) is 10.6 Å². The summed E-state index contributed by atoms with van der Waals surface area (Å²) >= 11 is 1.66. The van der Waals surface area contributed by atoms with E-state index in [-0.39, 0.29) is 0 Å². The van der Waals surface area contributed by atoms with Gasteiger partial charge in [-0.05, 0) is 30.7 Å². The summed E-state index contributed by atoms with van der Waals surface area (Å²) in [5.41, 5.74) is 2.22. The SMILES string of the molecule is COc1ccc(NCc2nccs2)cc1C. The van der Waals surface area contributed by atoms with Crippen LogP contribution in [0.3, 0.4) is 0 Å². The second kappa shape index (κ2) is 4.99. The van der Waals surface area contributed by atoms with Gasteiger partial charge >= 0.3 is 0 Å². The molecule has 0 saturated heterocycles. The molecule has 1 heterocycles. The van der Waals surface area contributed by atoms with Gasteiger partial charge in [-0.25, -0.2) is 4.98 Å². The fourth-order valence-electron chi connectivity index (χ4n) is 1.51. The van der Waals surface area contributed by atoms with E-state index in [0.717, 1.165) is 28.6 Å². The van der Waals surface area contributed by atoms with Crippen molar-refractivity contribution in [2.24, 2.45) is 0 Å². The molecule has 2 aromatic rings. The van der Waals surface area contributed by atoms with Crippen molar-refractivity contribution in [1.82, 2.24) is 4.98 Å². The smallest absolute Gasteiger partial charge is 0.121 e. The third-order valence-corrected chi connectivity index (χ3v) is 3.10. The Kier molecular flexibility index (Phi) is 3.41. The normalized spacial score (nSPS) is 10.1. The zero-order valence-electron chi connectivity index (χ0n) is 9.36. The highest BCUT2D eigenvalue weighted by Gasteiger charge is 2.00. The van der Waals surface area contributed by atoms with Crippen molar-refractivity contribution >= 4 is 17.0 Å². The van der Waals surface area contributed by atoms with Crippen LogP contribution in [-0.2, 0) is 6.54 Å². The van der Waals surface area contributed by atoms with Crippen molar-refractivity contribution in [3.05, 3.63) is 40.3 Å². The molecule has 3 nitrogen and oxygen atoms in total. The fourth-order valence-corrected chi connectivity index (χ4v) is 2.06. The highest BCUT2D eigenvalue weighted by atomic mass is 32.1. The predicted octanol–water partition coefficient (Wildman–Crippen LogP) is 3.07. The molecule has 0 radical (unpaired) electrons. The summed E-state index contributed by atoms with van der Waals surface area (Å²) in [5, 5.41) is 6.41. The van der Waals surface area contributed by atoms with Crippen molar-refractivity contribution in [1.29, 1.82) is 0 Å². The average molecular weight is 234 g/mol. The zero-order chi connectivity index (χ0) is 11.4. The fraction of sp³-hybridized carbons (Fsp3) is 0.250. The first kappa shape index (κ1) is 11.0. The van der Waals surface area contributed by atoms with Gasteiger partial charge in [-0.1, -0.05) is 0 Å². The van der Waals surface area contributed by atoms with Crippen LogP contribution < -0.4 is 10.1 Å². The highest BCUT2D eigenvalue weighted by molar-refractivity contribution is 7.09. The van der Waals surface area contributed by atoms with Gasteiger partial charge in [0.05, 0.1) is 13.7 Å². The summed E-state index contributed by atoms with van der Waals surface area (Å²) < 4.78 is 5.21. The van der Waals surface area contributed by atoms with Crippen LogP contribution in [0.4, 0.5) is 5.69 Å². The minimum atomic E-state index is 0.767. The van der Waals surface area contributed by atoms with Gasteiger partial charge in [-0.15, -0.1) is 11.3 Å². The maximum atomic E-state index is 5.21. The first-order chi connectivity index (χ1) is 7.79. The van der Waals surface area contributed by atoms with Crippen LogP contribution in [-0.4, -0.2) is 12.1 Å². The van der Waals surface area contributed by atoms with Gasteiger partial charge in [0.2, 0.25) is 0 Å². The molecule has 0 fully saturated rings. The van der Waals surface area contributed by atoms with Crippen molar-refractivity contribution in [2.45, 2.75) is 13.5 Å². The lowest BCUT2D eigenvalue weighted by Gasteiger charge is -2.08. The van der Waals surface area contributed by atoms with Crippen LogP contribution >= 0.6 is 11.3 Å². The second-order valence-electron chi connectivity index (χ2n) is 3.46. The summed E-state index contributed by atoms with van der Waals surface area (Å²) in [6.45, 7) is 2.80. The standard InChI is InChI=1S/C12H14N2OS/c1-9-7-10(3-4-11(9)15-2)14-8-12-13-5-6-16-12/h3-7,14H,8H2,1-2H3. The van der Waals surface area contributed by atoms with E-state index in [1.165, 1.54) is 0 Å². The van der Waals surface area contributed by atoms with Crippen LogP contribution in [0.5, 0.6) is 5.75 Å². The van der Waals surface area contributed by atoms with Crippen molar-refractivity contribution in [2.75, 3.05) is 12.4 Å². The first-order valence-electron chi connectivity index (χ1n) is 5.06. The Morgan fingerprint density at radius 3 is 2.94 bits per heavy atom. The lowest BCUT2D eigenvalue weighted by molar-refractivity contribution is 0.412. The van der Waals surface area contributed by atoms with Gasteiger partial charge in [-0.2, -0.15) is 0 Å². The van der Waals surface area contributed by atoms with Gasteiger partial charge in [0.1, 0.15) is 10.8 Å². The number of ether oxygens (including phenoxy) is 1. The number of nitrogens with one attached hydrogen (secondary N) is 1. The van der Waals surface area contributed by atoms with Gasteiger partial charge in [0, 0.05) is 17.3 Å². The summed E-state index contributed by atoms with van der Waals surface area (Å²) in [4.78, 5) is 4.22. The van der Waals surface area contributed by atoms with E-state index in [1.807, 2.05) is 30.6 Å². The number of benzene rings is 1. The topological polar surface area (TPSA) is 34.1 Å². The third kappa shape index (κ3) is 2.52. The quantitative estimate of drug-likeness (QED) is 0.882. The van der Waals surface area contributed by atoms with E-state index < -0.39 is 0 Å². The van der Waals surface area contributed by atoms with Crippen LogP contribution in [0.15, 0.2) is 29.8 Å². The number of nitrogens with zero attached hydrogens (tertiary/aromatic N) is 1. The van der Waals surface area contributed by atoms with E-state index >= 15 is 0 Å². The van der Waals surface area contributed by atoms with E-state index in [1.54, 1.807) is 18.4 Å². The maximum absolute atomic E-state index is 5.21.